The first-order valence-corrected chi connectivity index (χ1v) is 13.5. The maximum absolute atomic E-state index is 12.3. The lowest BCUT2D eigenvalue weighted by atomic mass is 10.1. The van der Waals surface area contributed by atoms with Gasteiger partial charge in [0.05, 0.1) is 11.1 Å². The summed E-state index contributed by atoms with van der Waals surface area (Å²) in [6, 6.07) is 39.0. The molecule has 206 valence electrons. The van der Waals surface area contributed by atoms with E-state index in [0.29, 0.717) is 33.8 Å². The normalized spacial score (nSPS) is 9.27. The topological polar surface area (TPSA) is 52.6 Å². The third-order valence-electron chi connectivity index (χ3n) is 5.92. The van der Waals surface area contributed by atoms with Crippen LogP contribution in [-0.2, 0) is 0 Å². The average Bonchev–Trinajstić information content (AvgIpc) is 3.06. The van der Waals surface area contributed by atoms with Gasteiger partial charge in [0.1, 0.15) is 11.5 Å². The Kier molecular flexibility index (Phi) is 9.67. The summed E-state index contributed by atoms with van der Waals surface area (Å²) in [4.78, 5) is 24.6. The van der Waals surface area contributed by atoms with Gasteiger partial charge in [-0.05, 0) is 103 Å². The molecule has 0 N–H and O–H groups in total. The van der Waals surface area contributed by atoms with Crippen LogP contribution in [0.4, 0.5) is 0 Å². The number of hydrogen-bond donors (Lipinski definition) is 0. The molecular formula is C40H22O4. The quantitative estimate of drug-likeness (QED) is 0.135. The molecule has 5 aromatic carbocycles. The smallest absolute Gasteiger partial charge is 0.343 e. The SMILES string of the molecule is O=C(Oc1cccc(C#CC#Cc2cccc(C#CC#Cc3cccc(OC(=O)c4ccccc4)c3)c2)c1)c1ccccc1. The van der Waals surface area contributed by atoms with Crippen molar-refractivity contribution < 1.29 is 19.1 Å². The van der Waals surface area contributed by atoms with Gasteiger partial charge in [0.25, 0.3) is 0 Å². The maximum Gasteiger partial charge on any atom is 0.343 e. The molecule has 0 spiro atoms. The fraction of sp³-hybridized carbons (Fsp3) is 0. The molecule has 0 aliphatic heterocycles. The van der Waals surface area contributed by atoms with Gasteiger partial charge in [0, 0.05) is 22.3 Å². The van der Waals surface area contributed by atoms with Gasteiger partial charge in [0.15, 0.2) is 0 Å². The van der Waals surface area contributed by atoms with Crippen molar-refractivity contribution in [2.24, 2.45) is 0 Å². The summed E-state index contributed by atoms with van der Waals surface area (Å²) < 4.78 is 10.9. The van der Waals surface area contributed by atoms with Crippen molar-refractivity contribution in [3.05, 3.63) is 167 Å². The van der Waals surface area contributed by atoms with Crippen LogP contribution in [-0.4, -0.2) is 11.9 Å². The van der Waals surface area contributed by atoms with E-state index < -0.39 is 11.9 Å². The second-order valence-electron chi connectivity index (χ2n) is 9.15. The highest BCUT2D eigenvalue weighted by atomic mass is 16.5. The summed E-state index contributed by atoms with van der Waals surface area (Å²) in [7, 11) is 0. The molecule has 0 amide bonds. The van der Waals surface area contributed by atoms with Crippen LogP contribution < -0.4 is 9.47 Å². The molecule has 0 aliphatic carbocycles. The third-order valence-corrected chi connectivity index (χ3v) is 5.92. The fourth-order valence-electron chi connectivity index (χ4n) is 3.84. The molecule has 0 aromatic heterocycles. The van der Waals surface area contributed by atoms with Crippen molar-refractivity contribution in [1.82, 2.24) is 0 Å². The zero-order valence-corrected chi connectivity index (χ0v) is 23.3. The highest BCUT2D eigenvalue weighted by molar-refractivity contribution is 5.91. The van der Waals surface area contributed by atoms with Crippen molar-refractivity contribution in [2.75, 3.05) is 0 Å². The minimum atomic E-state index is -0.430. The van der Waals surface area contributed by atoms with Crippen molar-refractivity contribution in [3.63, 3.8) is 0 Å². The zero-order chi connectivity index (χ0) is 30.4. The number of hydrogen-bond acceptors (Lipinski definition) is 4. The van der Waals surface area contributed by atoms with Crippen LogP contribution in [0.2, 0.25) is 0 Å². The third kappa shape index (κ3) is 8.64. The molecule has 5 aromatic rings. The van der Waals surface area contributed by atoms with E-state index in [1.807, 2.05) is 48.5 Å². The average molecular weight is 567 g/mol. The molecule has 0 radical (unpaired) electrons. The molecule has 5 rings (SSSR count). The van der Waals surface area contributed by atoms with Gasteiger partial charge in [-0.15, -0.1) is 0 Å². The van der Waals surface area contributed by atoms with E-state index in [2.05, 4.69) is 47.4 Å². The van der Waals surface area contributed by atoms with Crippen molar-refractivity contribution in [2.45, 2.75) is 0 Å². The van der Waals surface area contributed by atoms with Gasteiger partial charge >= 0.3 is 11.9 Å². The van der Waals surface area contributed by atoms with E-state index in [1.54, 1.807) is 84.9 Å². The molecule has 4 nitrogen and oxygen atoms in total. The Labute approximate surface area is 256 Å². The maximum atomic E-state index is 12.3. The summed E-state index contributed by atoms with van der Waals surface area (Å²) >= 11 is 0. The molecule has 0 unspecified atom stereocenters. The van der Waals surface area contributed by atoms with Gasteiger partial charge in [-0.25, -0.2) is 9.59 Å². The lowest BCUT2D eigenvalue weighted by Gasteiger charge is -2.04. The Morgan fingerprint density at radius 3 is 1.11 bits per heavy atom. The van der Waals surface area contributed by atoms with E-state index in [9.17, 15) is 9.59 Å². The van der Waals surface area contributed by atoms with Gasteiger partial charge in [-0.2, -0.15) is 0 Å². The standard InChI is InChI=1S/C40H22O4/c41-39(35-22-3-1-4-23-35)43-37-26-12-20-33(29-37)16-9-7-14-31-18-11-19-32(28-31)15-8-10-17-34-21-13-27-38(30-34)44-40(42)36-24-5-2-6-25-36/h1-6,11-13,18-30H. The first-order chi connectivity index (χ1) is 21.6. The van der Waals surface area contributed by atoms with Crippen LogP contribution in [0.5, 0.6) is 11.5 Å². The summed E-state index contributed by atoms with van der Waals surface area (Å²) in [6.07, 6.45) is 0. The molecule has 0 aliphatic rings. The Balaban J connectivity index is 1.19. The first-order valence-electron chi connectivity index (χ1n) is 13.5. The van der Waals surface area contributed by atoms with E-state index in [-0.39, 0.29) is 0 Å². The molecule has 0 saturated heterocycles. The monoisotopic (exact) mass is 566 g/mol. The first kappa shape index (κ1) is 28.8. The second kappa shape index (κ2) is 14.8. The predicted octanol–water partition coefficient (Wildman–Crippen LogP) is 6.93. The summed E-state index contributed by atoms with van der Waals surface area (Å²) in [5.74, 6) is 23.3. The number of benzene rings is 5. The number of esters is 2. The van der Waals surface area contributed by atoms with Crippen LogP contribution in [0.1, 0.15) is 43.0 Å². The Hall–Kier alpha value is -6.72. The molecule has 4 heteroatoms. The predicted molar refractivity (Wildman–Crippen MR) is 170 cm³/mol. The lowest BCUT2D eigenvalue weighted by molar-refractivity contribution is 0.0725. The highest BCUT2D eigenvalue weighted by Gasteiger charge is 2.08. The van der Waals surface area contributed by atoms with Crippen molar-refractivity contribution in [1.29, 1.82) is 0 Å². The van der Waals surface area contributed by atoms with Crippen LogP contribution in [0.3, 0.4) is 0 Å². The van der Waals surface area contributed by atoms with Crippen LogP contribution in [0, 0.1) is 47.4 Å². The molecule has 44 heavy (non-hydrogen) atoms. The van der Waals surface area contributed by atoms with E-state index in [1.165, 1.54) is 0 Å². The van der Waals surface area contributed by atoms with E-state index >= 15 is 0 Å². The fourth-order valence-corrected chi connectivity index (χ4v) is 3.84. The van der Waals surface area contributed by atoms with Gasteiger partial charge in [-0.1, -0.05) is 78.3 Å². The summed E-state index contributed by atoms with van der Waals surface area (Å²) in [5.41, 5.74) is 3.83. The minimum absolute atomic E-state index is 0.409. The summed E-state index contributed by atoms with van der Waals surface area (Å²) in [6.45, 7) is 0. The molecule has 0 bridgehead atoms. The number of ether oxygens (including phenoxy) is 2. The second-order valence-corrected chi connectivity index (χ2v) is 9.15. The number of carbonyl (C=O) groups excluding carboxylic acids is 2. The zero-order valence-electron chi connectivity index (χ0n) is 23.3. The molecule has 0 heterocycles. The summed E-state index contributed by atoms with van der Waals surface area (Å²) in [5, 5.41) is 0. The van der Waals surface area contributed by atoms with Gasteiger partial charge < -0.3 is 9.47 Å². The minimum Gasteiger partial charge on any atom is -0.423 e. The van der Waals surface area contributed by atoms with Crippen molar-refractivity contribution in [3.8, 4) is 58.9 Å². The van der Waals surface area contributed by atoms with E-state index in [0.717, 1.165) is 11.1 Å². The Morgan fingerprint density at radius 1 is 0.386 bits per heavy atom. The van der Waals surface area contributed by atoms with E-state index in [4.69, 9.17) is 9.47 Å². The van der Waals surface area contributed by atoms with Crippen LogP contribution in [0.25, 0.3) is 0 Å². The van der Waals surface area contributed by atoms with Gasteiger partial charge in [0.2, 0.25) is 0 Å². The molecule has 0 atom stereocenters. The highest BCUT2D eigenvalue weighted by Crippen LogP contribution is 2.16. The van der Waals surface area contributed by atoms with Crippen LogP contribution in [0.15, 0.2) is 133 Å². The molecule has 0 saturated carbocycles. The van der Waals surface area contributed by atoms with Crippen molar-refractivity contribution >= 4 is 11.9 Å². The number of rotatable bonds is 4. The largest absolute Gasteiger partial charge is 0.423 e. The molecule has 0 fully saturated rings. The van der Waals surface area contributed by atoms with Crippen LogP contribution >= 0.6 is 0 Å². The lowest BCUT2D eigenvalue weighted by Crippen LogP contribution is -2.08. The molecular weight excluding hydrogens is 544 g/mol. The Bertz CT molecular complexity index is 1920. The Morgan fingerprint density at radius 2 is 0.727 bits per heavy atom. The number of carbonyl (C=O) groups is 2. The van der Waals surface area contributed by atoms with Gasteiger partial charge in [-0.3, -0.25) is 0 Å².